The van der Waals surface area contributed by atoms with Gasteiger partial charge in [-0.05, 0) is 72.7 Å². The maximum Gasteiger partial charge on any atom is 0.126 e. The molecule has 5 aliphatic rings. The van der Waals surface area contributed by atoms with Crippen molar-refractivity contribution in [2.45, 2.75) is 91.0 Å². The zero-order valence-electron chi connectivity index (χ0n) is 18.5. The van der Waals surface area contributed by atoms with Crippen molar-refractivity contribution in [3.63, 3.8) is 0 Å². The molecular formula is C25H38O4. The maximum atomic E-state index is 12.8. The average molecular weight is 403 g/mol. The van der Waals surface area contributed by atoms with Crippen LogP contribution in [0, 0.1) is 39.4 Å². The molecule has 0 unspecified atom stereocenters. The molecule has 0 radical (unpaired) electrons. The van der Waals surface area contributed by atoms with E-state index in [9.17, 15) is 15.0 Å². The van der Waals surface area contributed by atoms with E-state index in [1.165, 1.54) is 12.7 Å². The lowest BCUT2D eigenvalue weighted by Crippen LogP contribution is -2.69. The van der Waals surface area contributed by atoms with Crippen molar-refractivity contribution in [1.29, 1.82) is 0 Å². The van der Waals surface area contributed by atoms with E-state index in [1.807, 2.05) is 6.08 Å². The number of carbonyl (C=O) groups is 1. The lowest BCUT2D eigenvalue weighted by atomic mass is 9.35. The first-order valence-electron chi connectivity index (χ1n) is 11.8. The molecule has 2 N–H and O–H groups in total. The third kappa shape index (κ3) is 2.34. The van der Waals surface area contributed by atoms with Crippen LogP contribution < -0.4 is 0 Å². The Balaban J connectivity index is 1.62. The lowest BCUT2D eigenvalue weighted by Gasteiger charge is -2.70. The second kappa shape index (κ2) is 6.17. The van der Waals surface area contributed by atoms with Crippen LogP contribution in [0.1, 0.15) is 72.6 Å². The molecule has 4 saturated carbocycles. The zero-order chi connectivity index (χ0) is 20.8. The summed E-state index contributed by atoms with van der Waals surface area (Å²) in [5.41, 5.74) is 0.352. The normalized spacial score (nSPS) is 55.7. The molecule has 29 heavy (non-hydrogen) atoms. The van der Waals surface area contributed by atoms with E-state index in [0.29, 0.717) is 25.4 Å². The van der Waals surface area contributed by atoms with Gasteiger partial charge in [-0.15, -0.1) is 0 Å². The molecule has 162 valence electrons. The Kier molecular flexibility index (Phi) is 4.30. The number of hydrogen-bond donors (Lipinski definition) is 2. The highest BCUT2D eigenvalue weighted by molar-refractivity contribution is 5.62. The summed E-state index contributed by atoms with van der Waals surface area (Å²) in [6.45, 7) is 9.76. The van der Waals surface area contributed by atoms with Crippen molar-refractivity contribution >= 4 is 6.29 Å². The fraction of sp³-hybridized carbons (Fsp3) is 0.880. The molecule has 4 nitrogen and oxygen atoms in total. The molecule has 1 heterocycles. The highest BCUT2D eigenvalue weighted by Crippen LogP contribution is 2.72. The number of aldehydes is 1. The number of aliphatic hydroxyl groups is 2. The topological polar surface area (TPSA) is 66.8 Å². The first-order chi connectivity index (χ1) is 13.6. The van der Waals surface area contributed by atoms with Crippen LogP contribution in [0.5, 0.6) is 0 Å². The van der Waals surface area contributed by atoms with Gasteiger partial charge >= 0.3 is 0 Å². The standard InChI is InChI=1S/C25H38O4/c1-22(2)8-5-9-25(14-26)17(22)6-10-23(3)18-12-16(27)15-7-11-29-21(15)24(18,4)20(28)13-19(23)25/h7,14,16-21,27-28H,5-6,8-13H2,1-4H3/t16-,17-,18-,19-,20+,21-,23-,24+,25+/m0/s1. The van der Waals surface area contributed by atoms with Crippen molar-refractivity contribution in [1.82, 2.24) is 0 Å². The second-order valence-corrected chi connectivity index (χ2v) is 12.1. The fourth-order valence-corrected chi connectivity index (χ4v) is 9.33. The average Bonchev–Trinajstić information content (AvgIpc) is 3.17. The third-order valence-electron chi connectivity index (χ3n) is 10.7. The van der Waals surface area contributed by atoms with E-state index in [1.54, 1.807) is 0 Å². The minimum Gasteiger partial charge on any atom is -0.392 e. The first kappa shape index (κ1) is 20.2. The van der Waals surface area contributed by atoms with E-state index < -0.39 is 17.6 Å². The molecule has 4 heteroatoms. The molecule has 0 bridgehead atoms. The first-order valence-corrected chi connectivity index (χ1v) is 11.8. The van der Waals surface area contributed by atoms with E-state index in [0.717, 1.165) is 31.3 Å². The molecule has 4 aliphatic carbocycles. The molecule has 0 aromatic rings. The van der Waals surface area contributed by atoms with Gasteiger partial charge in [0.2, 0.25) is 0 Å². The Bertz CT molecular complexity index is 743. The minimum absolute atomic E-state index is 0.0583. The van der Waals surface area contributed by atoms with Gasteiger partial charge < -0.3 is 19.7 Å². The Labute approximate surface area is 175 Å². The van der Waals surface area contributed by atoms with Crippen molar-refractivity contribution < 1.29 is 19.7 Å². The Hall–Kier alpha value is -0.710. The molecule has 1 aliphatic heterocycles. The van der Waals surface area contributed by atoms with Crippen LogP contribution in [-0.2, 0) is 9.53 Å². The SMILES string of the molecule is CC1(C)CCC[C@@]2(C=O)[C@H]1CC[C@]1(C)[C@@H]2C[C@@H](O)[C@]2(C)[C@H]3OCC=C3[C@@H](O)C[C@@H]12. The molecule has 0 spiro atoms. The van der Waals surface area contributed by atoms with Gasteiger partial charge in [0.15, 0.2) is 0 Å². The lowest BCUT2D eigenvalue weighted by molar-refractivity contribution is -0.250. The maximum absolute atomic E-state index is 12.8. The molecule has 0 saturated heterocycles. The summed E-state index contributed by atoms with van der Waals surface area (Å²) in [6.07, 6.45) is 8.86. The molecule has 9 atom stereocenters. The van der Waals surface area contributed by atoms with Crippen LogP contribution in [-0.4, -0.2) is 41.4 Å². The van der Waals surface area contributed by atoms with Gasteiger partial charge in [0.05, 0.1) is 24.9 Å². The van der Waals surface area contributed by atoms with Crippen molar-refractivity contribution in [3.05, 3.63) is 11.6 Å². The van der Waals surface area contributed by atoms with E-state index in [2.05, 4.69) is 27.7 Å². The summed E-state index contributed by atoms with van der Waals surface area (Å²) >= 11 is 0. The summed E-state index contributed by atoms with van der Waals surface area (Å²) in [4.78, 5) is 12.8. The predicted octanol–water partition coefficient (Wildman–Crippen LogP) is 3.89. The van der Waals surface area contributed by atoms with Crippen LogP contribution in [0.3, 0.4) is 0 Å². The van der Waals surface area contributed by atoms with Gasteiger partial charge in [-0.3, -0.25) is 0 Å². The second-order valence-electron chi connectivity index (χ2n) is 12.1. The number of carbonyl (C=O) groups excluding carboxylic acids is 1. The Morgan fingerprint density at radius 2 is 1.79 bits per heavy atom. The van der Waals surface area contributed by atoms with E-state index >= 15 is 0 Å². The number of rotatable bonds is 1. The smallest absolute Gasteiger partial charge is 0.126 e. The van der Waals surface area contributed by atoms with Gasteiger partial charge in [-0.1, -0.05) is 40.2 Å². The summed E-state index contributed by atoms with van der Waals surface area (Å²) < 4.78 is 6.10. The molecule has 0 aromatic heterocycles. The quantitative estimate of drug-likeness (QED) is 0.516. The van der Waals surface area contributed by atoms with Crippen LogP contribution in [0.15, 0.2) is 11.6 Å². The van der Waals surface area contributed by atoms with Crippen LogP contribution in [0.4, 0.5) is 0 Å². The highest BCUT2D eigenvalue weighted by Gasteiger charge is 2.70. The summed E-state index contributed by atoms with van der Waals surface area (Å²) in [5.74, 6) is 0.724. The highest BCUT2D eigenvalue weighted by atomic mass is 16.5. The van der Waals surface area contributed by atoms with Crippen molar-refractivity contribution in [2.75, 3.05) is 6.61 Å². The van der Waals surface area contributed by atoms with Gasteiger partial charge in [-0.25, -0.2) is 0 Å². The third-order valence-corrected chi connectivity index (χ3v) is 10.7. The largest absolute Gasteiger partial charge is 0.392 e. The number of hydrogen-bond acceptors (Lipinski definition) is 4. The van der Waals surface area contributed by atoms with Crippen molar-refractivity contribution in [3.8, 4) is 0 Å². The summed E-state index contributed by atoms with van der Waals surface area (Å²) in [5, 5.41) is 22.5. The van der Waals surface area contributed by atoms with Gasteiger partial charge in [0, 0.05) is 10.8 Å². The molecule has 5 rings (SSSR count). The zero-order valence-corrected chi connectivity index (χ0v) is 18.5. The van der Waals surface area contributed by atoms with Gasteiger partial charge in [-0.2, -0.15) is 0 Å². The number of ether oxygens (including phenoxy) is 1. The monoisotopic (exact) mass is 402 g/mol. The van der Waals surface area contributed by atoms with Crippen LogP contribution in [0.25, 0.3) is 0 Å². The Morgan fingerprint density at radius 3 is 2.52 bits per heavy atom. The molecule has 0 aromatic carbocycles. The van der Waals surface area contributed by atoms with Gasteiger partial charge in [0.25, 0.3) is 0 Å². The van der Waals surface area contributed by atoms with Crippen molar-refractivity contribution in [2.24, 2.45) is 39.4 Å². The van der Waals surface area contributed by atoms with E-state index in [4.69, 9.17) is 4.74 Å². The Morgan fingerprint density at radius 1 is 1.03 bits per heavy atom. The molecule has 4 fully saturated rings. The summed E-state index contributed by atoms with van der Waals surface area (Å²) in [6, 6.07) is 0. The minimum atomic E-state index is -0.509. The summed E-state index contributed by atoms with van der Waals surface area (Å²) in [7, 11) is 0. The predicted molar refractivity (Wildman–Crippen MR) is 111 cm³/mol. The molecular weight excluding hydrogens is 364 g/mol. The van der Waals surface area contributed by atoms with Gasteiger partial charge in [0.1, 0.15) is 6.29 Å². The fourth-order valence-electron chi connectivity index (χ4n) is 9.33. The number of fused-ring (bicyclic) bond motifs is 7. The van der Waals surface area contributed by atoms with E-state index in [-0.39, 0.29) is 34.2 Å². The number of aliphatic hydroxyl groups excluding tert-OH is 2. The van der Waals surface area contributed by atoms with Crippen LogP contribution in [0.2, 0.25) is 0 Å². The van der Waals surface area contributed by atoms with Crippen LogP contribution >= 0.6 is 0 Å². The molecule has 0 amide bonds.